The zero-order chi connectivity index (χ0) is 18.8. The lowest BCUT2D eigenvalue weighted by Crippen LogP contribution is -2.28. The van der Waals surface area contributed by atoms with Crippen LogP contribution in [0.4, 0.5) is 0 Å². The van der Waals surface area contributed by atoms with Crippen LogP contribution in [0, 0.1) is 0 Å². The molecule has 0 fully saturated rings. The van der Waals surface area contributed by atoms with Crippen LogP contribution in [0.15, 0.2) is 59.5 Å². The van der Waals surface area contributed by atoms with Crippen molar-refractivity contribution in [2.24, 2.45) is 0 Å². The topological polar surface area (TPSA) is 89.0 Å². The Kier molecular flexibility index (Phi) is 4.33. The molecule has 7 nitrogen and oxygen atoms in total. The van der Waals surface area contributed by atoms with E-state index in [9.17, 15) is 9.59 Å². The molecule has 2 N–H and O–H groups in total. The first-order chi connectivity index (χ1) is 13.2. The average Bonchev–Trinajstić information content (AvgIpc) is 3.02. The molecule has 7 heteroatoms. The summed E-state index contributed by atoms with van der Waals surface area (Å²) in [5.41, 5.74) is 1.93. The molecule has 0 aliphatic heterocycles. The van der Waals surface area contributed by atoms with Crippen LogP contribution in [0.25, 0.3) is 21.8 Å². The van der Waals surface area contributed by atoms with E-state index in [1.54, 1.807) is 17.9 Å². The maximum absolute atomic E-state index is 12.5. The third-order valence-corrected chi connectivity index (χ3v) is 4.54. The number of carbonyl (C=O) groups is 1. The van der Waals surface area contributed by atoms with Gasteiger partial charge in [0, 0.05) is 22.8 Å². The van der Waals surface area contributed by atoms with Gasteiger partial charge in [0.25, 0.3) is 5.56 Å². The monoisotopic (exact) mass is 362 g/mol. The van der Waals surface area contributed by atoms with Crippen molar-refractivity contribution in [3.05, 3.63) is 70.6 Å². The highest BCUT2D eigenvalue weighted by molar-refractivity contribution is 6.07. The van der Waals surface area contributed by atoms with Crippen molar-refractivity contribution in [2.75, 3.05) is 7.11 Å². The Bertz CT molecular complexity index is 1180. The van der Waals surface area contributed by atoms with Gasteiger partial charge in [0.1, 0.15) is 17.8 Å². The molecule has 2 aromatic heterocycles. The van der Waals surface area contributed by atoms with Gasteiger partial charge >= 0.3 is 0 Å². The van der Waals surface area contributed by atoms with Gasteiger partial charge in [0.15, 0.2) is 0 Å². The summed E-state index contributed by atoms with van der Waals surface area (Å²) < 4.78 is 6.86. The Balaban J connectivity index is 1.60. The molecule has 0 saturated carbocycles. The maximum Gasteiger partial charge on any atom is 0.288 e. The minimum atomic E-state index is -0.313. The molecule has 2 aromatic carbocycles. The molecule has 0 atom stereocenters. The molecule has 0 radical (unpaired) electrons. The number of aromatic nitrogens is 3. The highest BCUT2D eigenvalue weighted by Crippen LogP contribution is 2.25. The third-order valence-electron chi connectivity index (χ3n) is 4.54. The fourth-order valence-electron chi connectivity index (χ4n) is 3.22. The van der Waals surface area contributed by atoms with E-state index >= 15 is 0 Å². The fourth-order valence-corrected chi connectivity index (χ4v) is 3.22. The van der Waals surface area contributed by atoms with Gasteiger partial charge in [-0.15, -0.1) is 0 Å². The van der Waals surface area contributed by atoms with E-state index in [-0.39, 0.29) is 18.0 Å². The van der Waals surface area contributed by atoms with E-state index in [4.69, 9.17) is 4.74 Å². The van der Waals surface area contributed by atoms with Gasteiger partial charge in [-0.3, -0.25) is 9.59 Å². The molecule has 0 aliphatic rings. The lowest BCUT2D eigenvalue weighted by Gasteiger charge is -2.09. The Labute approximate surface area is 154 Å². The molecule has 0 aliphatic carbocycles. The molecule has 1 amide bonds. The molecule has 27 heavy (non-hydrogen) atoms. The lowest BCUT2D eigenvalue weighted by atomic mass is 10.2. The van der Waals surface area contributed by atoms with E-state index in [1.165, 1.54) is 0 Å². The summed E-state index contributed by atoms with van der Waals surface area (Å²) in [6.07, 6.45) is 1.62. The van der Waals surface area contributed by atoms with E-state index in [0.29, 0.717) is 12.1 Å². The number of nitrogens with one attached hydrogen (secondary N) is 2. The number of H-pyrrole nitrogens is 1. The Morgan fingerprint density at radius 2 is 1.93 bits per heavy atom. The first-order valence-electron chi connectivity index (χ1n) is 8.51. The number of nitrogens with zero attached hydrogens (tertiary/aromatic N) is 2. The number of amides is 1. The number of hydrogen-bond acceptors (Lipinski definition) is 4. The first kappa shape index (κ1) is 16.8. The van der Waals surface area contributed by atoms with Gasteiger partial charge in [-0.25, -0.2) is 5.10 Å². The number of ether oxygens (including phenoxy) is 1. The van der Waals surface area contributed by atoms with Crippen LogP contribution in [0.2, 0.25) is 0 Å². The van der Waals surface area contributed by atoms with Gasteiger partial charge < -0.3 is 14.6 Å². The van der Waals surface area contributed by atoms with E-state index in [1.807, 2.05) is 48.5 Å². The maximum atomic E-state index is 12.5. The second-order valence-corrected chi connectivity index (χ2v) is 6.19. The lowest BCUT2D eigenvalue weighted by molar-refractivity contribution is -0.121. The highest BCUT2D eigenvalue weighted by atomic mass is 16.5. The van der Waals surface area contributed by atoms with Crippen molar-refractivity contribution in [3.63, 3.8) is 0 Å². The molecule has 0 unspecified atom stereocenters. The van der Waals surface area contributed by atoms with Crippen molar-refractivity contribution >= 4 is 27.7 Å². The predicted molar refractivity (Wildman–Crippen MR) is 103 cm³/mol. The molecule has 0 bridgehead atoms. The molecule has 136 valence electrons. The van der Waals surface area contributed by atoms with Crippen LogP contribution in [0.1, 0.15) is 5.56 Å². The summed E-state index contributed by atoms with van der Waals surface area (Å²) in [4.78, 5) is 24.8. The Hall–Kier alpha value is -3.61. The molecule has 2 heterocycles. The van der Waals surface area contributed by atoms with Gasteiger partial charge in [-0.05, 0) is 23.8 Å². The zero-order valence-electron chi connectivity index (χ0n) is 14.7. The van der Waals surface area contributed by atoms with Crippen LogP contribution in [-0.2, 0) is 17.9 Å². The van der Waals surface area contributed by atoms with Crippen LogP contribution >= 0.6 is 0 Å². The van der Waals surface area contributed by atoms with Crippen molar-refractivity contribution < 1.29 is 9.53 Å². The number of aromatic amines is 1. The molecule has 4 rings (SSSR count). The standard InChI is InChI=1S/C20H18N4O3/c1-27-14-8-6-13(7-9-14)10-21-18(25)12-24-17-5-3-2-4-15(17)16-11-22-23-20(26)19(16)24/h2-9,11H,10,12H2,1H3,(H,21,25)(H,23,26). The SMILES string of the molecule is COc1ccc(CNC(=O)Cn2c3ccccc3c3cn[nH]c(=O)c32)cc1. The zero-order valence-corrected chi connectivity index (χ0v) is 14.7. The smallest absolute Gasteiger partial charge is 0.288 e. The van der Waals surface area contributed by atoms with Crippen molar-refractivity contribution in [3.8, 4) is 5.75 Å². The largest absolute Gasteiger partial charge is 0.497 e. The summed E-state index contributed by atoms with van der Waals surface area (Å²) in [5, 5.41) is 10.9. The van der Waals surface area contributed by atoms with Crippen LogP contribution in [-0.4, -0.2) is 27.8 Å². The molecule has 0 spiro atoms. The molecule has 0 saturated heterocycles. The fraction of sp³-hybridized carbons (Fsp3) is 0.150. The number of hydrogen-bond donors (Lipinski definition) is 2. The minimum absolute atomic E-state index is 0.0489. The third kappa shape index (κ3) is 3.15. The van der Waals surface area contributed by atoms with Crippen LogP contribution in [0.5, 0.6) is 5.75 Å². The summed E-state index contributed by atoms with van der Waals surface area (Å²) in [6.45, 7) is 0.450. The molecule has 4 aromatic rings. The molecular formula is C20H18N4O3. The summed E-state index contributed by atoms with van der Waals surface area (Å²) >= 11 is 0. The second-order valence-electron chi connectivity index (χ2n) is 6.19. The van der Waals surface area contributed by atoms with E-state index < -0.39 is 0 Å². The highest BCUT2D eigenvalue weighted by Gasteiger charge is 2.15. The summed E-state index contributed by atoms with van der Waals surface area (Å²) in [6, 6.07) is 15.1. The predicted octanol–water partition coefficient (Wildman–Crippen LogP) is 2.20. The Morgan fingerprint density at radius 1 is 1.15 bits per heavy atom. The van der Waals surface area contributed by atoms with E-state index in [0.717, 1.165) is 27.6 Å². The summed E-state index contributed by atoms with van der Waals surface area (Å²) in [5.74, 6) is 0.591. The van der Waals surface area contributed by atoms with Gasteiger partial charge in [-0.1, -0.05) is 30.3 Å². The van der Waals surface area contributed by atoms with Gasteiger partial charge in [0.05, 0.1) is 13.3 Å². The van der Waals surface area contributed by atoms with Gasteiger partial charge in [-0.2, -0.15) is 5.10 Å². The summed E-state index contributed by atoms with van der Waals surface area (Å²) in [7, 11) is 1.61. The number of benzene rings is 2. The van der Waals surface area contributed by atoms with Gasteiger partial charge in [0.2, 0.25) is 5.91 Å². The van der Waals surface area contributed by atoms with Crippen LogP contribution in [0.3, 0.4) is 0 Å². The average molecular weight is 362 g/mol. The van der Waals surface area contributed by atoms with Crippen molar-refractivity contribution in [1.29, 1.82) is 0 Å². The van der Waals surface area contributed by atoms with Crippen molar-refractivity contribution in [1.82, 2.24) is 20.1 Å². The second kappa shape index (κ2) is 6.95. The Morgan fingerprint density at radius 3 is 2.70 bits per heavy atom. The van der Waals surface area contributed by atoms with Crippen molar-refractivity contribution in [2.45, 2.75) is 13.1 Å². The number of fused-ring (bicyclic) bond motifs is 3. The number of methoxy groups -OCH3 is 1. The minimum Gasteiger partial charge on any atom is -0.497 e. The quantitative estimate of drug-likeness (QED) is 0.570. The van der Waals surface area contributed by atoms with E-state index in [2.05, 4.69) is 15.5 Å². The molecular weight excluding hydrogens is 344 g/mol. The number of carbonyl (C=O) groups excluding carboxylic acids is 1. The first-order valence-corrected chi connectivity index (χ1v) is 8.51. The van der Waals surface area contributed by atoms with Crippen LogP contribution < -0.4 is 15.6 Å². The number of para-hydroxylation sites is 1. The normalized spacial score (nSPS) is 11.0. The number of rotatable bonds is 5.